The van der Waals surface area contributed by atoms with Crippen molar-refractivity contribution in [2.24, 2.45) is 5.92 Å². The van der Waals surface area contributed by atoms with Crippen LogP contribution in [0.1, 0.15) is 48.5 Å². The van der Waals surface area contributed by atoms with Crippen LogP contribution in [0.25, 0.3) is 0 Å². The molecular formula is C19H31N3O. The van der Waals surface area contributed by atoms with Crippen LogP contribution in [-0.2, 0) is 0 Å². The lowest BCUT2D eigenvalue weighted by atomic mass is 9.95. The van der Waals surface area contributed by atoms with Gasteiger partial charge in [0.25, 0.3) is 5.91 Å². The number of carbonyl (C=O) groups excluding carboxylic acids is 1. The van der Waals surface area contributed by atoms with Gasteiger partial charge in [0.1, 0.15) is 0 Å². The number of hydrogen-bond acceptors (Lipinski definition) is 3. The van der Waals surface area contributed by atoms with Crippen LogP contribution in [0.2, 0.25) is 0 Å². The Bertz CT molecular complexity index is 521. The zero-order chi connectivity index (χ0) is 16.8. The topological polar surface area (TPSA) is 49.6 Å². The molecule has 0 unspecified atom stereocenters. The number of likely N-dealkylation sites (tertiary alicyclic amines) is 1. The Morgan fingerprint density at radius 1 is 1.35 bits per heavy atom. The molecule has 23 heavy (non-hydrogen) atoms. The number of carbonyl (C=O) groups is 1. The minimum Gasteiger partial charge on any atom is -0.399 e. The molecule has 4 nitrogen and oxygen atoms in total. The molecule has 1 saturated heterocycles. The number of aryl methyl sites for hydroxylation is 1. The first-order valence-electron chi connectivity index (χ1n) is 8.85. The summed E-state index contributed by atoms with van der Waals surface area (Å²) >= 11 is 0. The first kappa shape index (κ1) is 17.8. The molecule has 0 saturated carbocycles. The lowest BCUT2D eigenvalue weighted by molar-refractivity contribution is 0.0672. The summed E-state index contributed by atoms with van der Waals surface area (Å²) in [7, 11) is 2.21. The van der Waals surface area contributed by atoms with E-state index in [0.717, 1.165) is 43.6 Å². The fourth-order valence-corrected chi connectivity index (χ4v) is 3.32. The third-order valence-corrected chi connectivity index (χ3v) is 4.86. The van der Waals surface area contributed by atoms with E-state index >= 15 is 0 Å². The Morgan fingerprint density at radius 2 is 2.04 bits per heavy atom. The molecule has 0 bridgehead atoms. The first-order valence-corrected chi connectivity index (χ1v) is 8.85. The lowest BCUT2D eigenvalue weighted by Crippen LogP contribution is -2.41. The minimum atomic E-state index is 0.132. The van der Waals surface area contributed by atoms with Gasteiger partial charge in [0.2, 0.25) is 0 Å². The van der Waals surface area contributed by atoms with Gasteiger partial charge in [-0.2, -0.15) is 0 Å². The van der Waals surface area contributed by atoms with Crippen LogP contribution in [0.15, 0.2) is 18.2 Å². The van der Waals surface area contributed by atoms with E-state index in [1.807, 2.05) is 30.0 Å². The second-order valence-electron chi connectivity index (χ2n) is 6.93. The van der Waals surface area contributed by atoms with Crippen molar-refractivity contribution in [3.63, 3.8) is 0 Å². The van der Waals surface area contributed by atoms with Crippen LogP contribution < -0.4 is 5.73 Å². The third-order valence-electron chi connectivity index (χ3n) is 4.86. The molecule has 128 valence electrons. The number of piperidine rings is 1. The number of benzene rings is 1. The van der Waals surface area contributed by atoms with Crippen molar-refractivity contribution in [2.75, 3.05) is 39.0 Å². The van der Waals surface area contributed by atoms with E-state index in [2.05, 4.69) is 18.9 Å². The quantitative estimate of drug-likeness (QED) is 0.820. The zero-order valence-electron chi connectivity index (χ0n) is 14.8. The van der Waals surface area contributed by atoms with Crippen LogP contribution in [-0.4, -0.2) is 48.9 Å². The zero-order valence-corrected chi connectivity index (χ0v) is 14.8. The average molecular weight is 317 g/mol. The number of nitrogens with two attached hydrogens (primary N) is 1. The van der Waals surface area contributed by atoms with Crippen LogP contribution >= 0.6 is 0 Å². The highest BCUT2D eigenvalue weighted by molar-refractivity contribution is 5.96. The molecule has 2 N–H and O–H groups in total. The summed E-state index contributed by atoms with van der Waals surface area (Å²) < 4.78 is 0. The predicted octanol–water partition coefficient (Wildman–Crippen LogP) is 3.16. The van der Waals surface area contributed by atoms with E-state index in [1.165, 1.54) is 19.4 Å². The molecule has 1 aromatic carbocycles. The number of anilines is 1. The predicted molar refractivity (Wildman–Crippen MR) is 96.6 cm³/mol. The van der Waals surface area contributed by atoms with Crippen molar-refractivity contribution in [1.29, 1.82) is 0 Å². The van der Waals surface area contributed by atoms with E-state index in [-0.39, 0.29) is 5.91 Å². The maximum Gasteiger partial charge on any atom is 0.254 e. The molecule has 1 heterocycles. The van der Waals surface area contributed by atoms with Gasteiger partial charge in [0.15, 0.2) is 0 Å². The Kier molecular flexibility index (Phi) is 6.46. The largest absolute Gasteiger partial charge is 0.399 e. The number of nitrogen functional groups attached to an aromatic ring is 1. The smallest absolute Gasteiger partial charge is 0.254 e. The second-order valence-corrected chi connectivity index (χ2v) is 6.93. The number of unbranched alkanes of at least 4 members (excludes halogenated alkanes) is 1. The van der Waals surface area contributed by atoms with Gasteiger partial charge in [-0.05, 0) is 63.4 Å². The molecule has 1 fully saturated rings. The van der Waals surface area contributed by atoms with Gasteiger partial charge in [-0.1, -0.05) is 19.4 Å². The van der Waals surface area contributed by atoms with E-state index in [4.69, 9.17) is 5.73 Å². The molecule has 0 aromatic heterocycles. The lowest BCUT2D eigenvalue weighted by Gasteiger charge is -2.34. The summed E-state index contributed by atoms with van der Waals surface area (Å²) in [5, 5.41) is 0. The molecule has 1 amide bonds. The highest BCUT2D eigenvalue weighted by atomic mass is 16.2. The number of nitrogens with zero attached hydrogens (tertiary/aromatic N) is 2. The summed E-state index contributed by atoms with van der Waals surface area (Å²) in [6.45, 7) is 8.26. The SMILES string of the molecule is CCCCN(C)CC1CCN(C(=O)c2cc(N)ccc2C)CC1. The molecule has 1 aliphatic rings. The molecule has 1 aromatic rings. The molecular weight excluding hydrogens is 286 g/mol. The van der Waals surface area contributed by atoms with Crippen LogP contribution in [0.5, 0.6) is 0 Å². The summed E-state index contributed by atoms with van der Waals surface area (Å²) in [4.78, 5) is 17.1. The Labute approximate surface area is 140 Å². The van der Waals surface area contributed by atoms with Crippen molar-refractivity contribution in [3.05, 3.63) is 29.3 Å². The van der Waals surface area contributed by atoms with Crippen LogP contribution in [0.3, 0.4) is 0 Å². The summed E-state index contributed by atoms with van der Waals surface area (Å²) in [5.41, 5.74) is 8.25. The van der Waals surface area contributed by atoms with Crippen molar-refractivity contribution in [3.8, 4) is 0 Å². The Hall–Kier alpha value is -1.55. The van der Waals surface area contributed by atoms with Gasteiger partial charge in [-0.25, -0.2) is 0 Å². The minimum absolute atomic E-state index is 0.132. The number of amides is 1. The molecule has 0 spiro atoms. The normalized spacial score (nSPS) is 16.1. The van der Waals surface area contributed by atoms with Crippen LogP contribution in [0.4, 0.5) is 5.69 Å². The molecule has 4 heteroatoms. The van der Waals surface area contributed by atoms with E-state index < -0.39 is 0 Å². The van der Waals surface area contributed by atoms with Gasteiger partial charge >= 0.3 is 0 Å². The maximum absolute atomic E-state index is 12.7. The van der Waals surface area contributed by atoms with Crippen molar-refractivity contribution in [2.45, 2.75) is 39.5 Å². The Balaban J connectivity index is 1.86. The van der Waals surface area contributed by atoms with Gasteiger partial charge < -0.3 is 15.5 Å². The van der Waals surface area contributed by atoms with Gasteiger partial charge in [-0.3, -0.25) is 4.79 Å². The van der Waals surface area contributed by atoms with Crippen molar-refractivity contribution < 1.29 is 4.79 Å². The summed E-state index contributed by atoms with van der Waals surface area (Å²) in [5.74, 6) is 0.843. The van der Waals surface area contributed by atoms with Gasteiger partial charge in [-0.15, -0.1) is 0 Å². The van der Waals surface area contributed by atoms with Gasteiger partial charge in [0, 0.05) is 30.9 Å². The van der Waals surface area contributed by atoms with E-state index in [0.29, 0.717) is 11.6 Å². The standard InChI is InChI=1S/C19H31N3O/c1-4-5-10-21(3)14-16-8-11-22(12-9-16)19(23)18-13-17(20)7-6-15(18)2/h6-7,13,16H,4-5,8-12,14,20H2,1-3H3. The second kappa shape index (κ2) is 8.34. The van der Waals surface area contributed by atoms with Crippen LogP contribution in [0, 0.1) is 12.8 Å². The third kappa shape index (κ3) is 4.96. The average Bonchev–Trinajstić information content (AvgIpc) is 2.55. The fraction of sp³-hybridized carbons (Fsp3) is 0.632. The number of rotatable bonds is 6. The molecule has 1 aliphatic heterocycles. The van der Waals surface area contributed by atoms with Crippen molar-refractivity contribution >= 4 is 11.6 Å². The first-order chi connectivity index (χ1) is 11.0. The summed E-state index contributed by atoms with van der Waals surface area (Å²) in [6.07, 6.45) is 4.71. The number of hydrogen-bond donors (Lipinski definition) is 1. The molecule has 0 radical (unpaired) electrons. The fourth-order valence-electron chi connectivity index (χ4n) is 3.32. The molecule has 0 atom stereocenters. The highest BCUT2D eigenvalue weighted by Gasteiger charge is 2.25. The van der Waals surface area contributed by atoms with Crippen molar-refractivity contribution in [1.82, 2.24) is 9.80 Å². The summed E-state index contributed by atoms with van der Waals surface area (Å²) in [6, 6.07) is 5.59. The molecule has 2 rings (SSSR count). The van der Waals surface area contributed by atoms with E-state index in [1.54, 1.807) is 0 Å². The van der Waals surface area contributed by atoms with E-state index in [9.17, 15) is 4.79 Å². The Morgan fingerprint density at radius 3 is 2.70 bits per heavy atom. The molecule has 0 aliphatic carbocycles. The maximum atomic E-state index is 12.7. The monoisotopic (exact) mass is 317 g/mol. The van der Waals surface area contributed by atoms with Gasteiger partial charge in [0.05, 0.1) is 0 Å². The highest BCUT2D eigenvalue weighted by Crippen LogP contribution is 2.22.